The second kappa shape index (κ2) is 3.99. The summed E-state index contributed by atoms with van der Waals surface area (Å²) in [7, 11) is 0. The van der Waals surface area contributed by atoms with Crippen molar-refractivity contribution in [3.63, 3.8) is 0 Å². The zero-order chi connectivity index (χ0) is 5.70. The van der Waals surface area contributed by atoms with Crippen LogP contribution in [0, 0.1) is 0 Å². The van der Waals surface area contributed by atoms with E-state index in [0.717, 1.165) is 0 Å². The van der Waals surface area contributed by atoms with Crippen molar-refractivity contribution in [2.45, 2.75) is 0 Å². The van der Waals surface area contributed by atoms with E-state index in [-0.39, 0.29) is 6.54 Å². The van der Waals surface area contributed by atoms with E-state index >= 15 is 0 Å². The number of hydrogen-bond acceptors (Lipinski definition) is 3. The average Bonchev–Trinajstić information content (AvgIpc) is 1.61. The van der Waals surface area contributed by atoms with Crippen LogP contribution in [0.3, 0.4) is 0 Å². The normalized spacial score (nSPS) is 7.00. The average molecular weight is 133 g/mol. The van der Waals surface area contributed by atoms with Gasteiger partial charge in [0.25, 0.3) is 0 Å². The zero-order valence-corrected chi connectivity index (χ0v) is 5.13. The van der Waals surface area contributed by atoms with Gasteiger partial charge in [-0.05, 0) is 0 Å². The Labute approximate surface area is 52.0 Å². The van der Waals surface area contributed by atoms with Gasteiger partial charge in [0.2, 0.25) is 6.08 Å². The van der Waals surface area contributed by atoms with Gasteiger partial charge in [-0.25, -0.2) is 4.79 Å². The van der Waals surface area contributed by atoms with Crippen molar-refractivity contribution >= 4 is 35.1 Å². The highest BCUT2D eigenvalue weighted by Gasteiger charge is 1.79. The Bertz CT molecular complexity index is 116. The molecule has 2 nitrogen and oxygen atoms in total. The van der Waals surface area contributed by atoms with Gasteiger partial charge in [-0.3, -0.25) is 0 Å². The third-order valence-corrected chi connectivity index (χ3v) is 0.549. The predicted octanol–water partition coefficient (Wildman–Crippen LogP) is 0.579. The summed E-state index contributed by atoms with van der Waals surface area (Å²) in [5, 5.41) is 0. The van der Waals surface area contributed by atoms with Crippen molar-refractivity contribution in [3.8, 4) is 0 Å². The van der Waals surface area contributed by atoms with Crippen LogP contribution in [-0.2, 0) is 4.79 Å². The van der Waals surface area contributed by atoms with Crippen LogP contribution in [0.25, 0.3) is 0 Å². The number of thiol groups is 1. The minimum absolute atomic E-state index is 0.196. The quantitative estimate of drug-likeness (QED) is 0.258. The zero-order valence-electron chi connectivity index (χ0n) is 3.42. The lowest BCUT2D eigenvalue weighted by atomic mass is 10.8. The van der Waals surface area contributed by atoms with E-state index in [4.69, 9.17) is 0 Å². The molecule has 7 heavy (non-hydrogen) atoms. The number of thiocarbonyl (C=S) groups is 1. The molecule has 0 aromatic carbocycles. The molecule has 0 saturated carbocycles. The summed E-state index contributed by atoms with van der Waals surface area (Å²) in [5.74, 6) is 0. The highest BCUT2D eigenvalue weighted by atomic mass is 32.1. The maximum absolute atomic E-state index is 9.32. The van der Waals surface area contributed by atoms with E-state index in [0.29, 0.717) is 4.20 Å². The number of nitrogens with zero attached hydrogens (tertiary/aromatic N) is 1. The molecule has 0 aliphatic heterocycles. The molecular weight excluding hydrogens is 130 g/mol. The van der Waals surface area contributed by atoms with E-state index < -0.39 is 0 Å². The van der Waals surface area contributed by atoms with Crippen LogP contribution in [0.1, 0.15) is 0 Å². The minimum atomic E-state index is 0.196. The molecule has 0 aromatic heterocycles. The molecule has 0 rings (SSSR count). The van der Waals surface area contributed by atoms with Gasteiger partial charge in [-0.1, -0.05) is 12.2 Å². The maximum atomic E-state index is 9.32. The van der Waals surface area contributed by atoms with Crippen molar-refractivity contribution in [3.05, 3.63) is 0 Å². The largest absolute Gasteiger partial charge is 0.235 e. The predicted molar refractivity (Wildman–Crippen MR) is 34.6 cm³/mol. The molecule has 0 heterocycles. The van der Waals surface area contributed by atoms with Crippen molar-refractivity contribution in [1.82, 2.24) is 0 Å². The standard InChI is InChI=1S/C3H3NOS2/c5-2-4-1-3(6)7/h1H2,(H,6,7). The third kappa shape index (κ3) is 5.82. The van der Waals surface area contributed by atoms with Crippen molar-refractivity contribution in [2.75, 3.05) is 6.54 Å². The van der Waals surface area contributed by atoms with Crippen molar-refractivity contribution in [1.29, 1.82) is 0 Å². The second-order valence-electron chi connectivity index (χ2n) is 0.801. The van der Waals surface area contributed by atoms with Crippen LogP contribution >= 0.6 is 24.8 Å². The van der Waals surface area contributed by atoms with Gasteiger partial charge in [-0.15, -0.1) is 12.6 Å². The minimum Gasteiger partial charge on any atom is -0.211 e. The van der Waals surface area contributed by atoms with Crippen LogP contribution in [0.2, 0.25) is 0 Å². The number of aliphatic imine (C=N–C) groups is 1. The summed E-state index contributed by atoms with van der Waals surface area (Å²) in [6.45, 7) is 0.196. The van der Waals surface area contributed by atoms with Crippen LogP contribution < -0.4 is 0 Å². The highest BCUT2D eigenvalue weighted by Crippen LogP contribution is 1.81. The first-order valence-electron chi connectivity index (χ1n) is 1.53. The van der Waals surface area contributed by atoms with Crippen LogP contribution in [0.5, 0.6) is 0 Å². The van der Waals surface area contributed by atoms with E-state index in [1.807, 2.05) is 0 Å². The topological polar surface area (TPSA) is 29.4 Å². The van der Waals surface area contributed by atoms with E-state index in [9.17, 15) is 4.79 Å². The van der Waals surface area contributed by atoms with E-state index in [2.05, 4.69) is 29.8 Å². The first-order valence-corrected chi connectivity index (χ1v) is 2.38. The molecule has 0 aliphatic rings. The number of hydrogen-bond donors (Lipinski definition) is 1. The number of rotatable bonds is 2. The number of carbonyl (C=O) groups excluding carboxylic acids is 1. The lowest BCUT2D eigenvalue weighted by Gasteiger charge is -1.77. The fraction of sp³-hybridized carbons (Fsp3) is 0.333. The molecule has 4 heteroatoms. The Hall–Kier alpha value is -0.180. The smallest absolute Gasteiger partial charge is 0.211 e. The SMILES string of the molecule is O=C=NCC(=S)S. The molecule has 38 valence electrons. The van der Waals surface area contributed by atoms with Crippen LogP contribution in [0.15, 0.2) is 4.99 Å². The molecule has 0 amide bonds. The summed E-state index contributed by atoms with van der Waals surface area (Å²) < 4.78 is 0.406. The summed E-state index contributed by atoms with van der Waals surface area (Å²) in [6, 6.07) is 0. The second-order valence-corrected chi connectivity index (χ2v) is 2.14. The van der Waals surface area contributed by atoms with Gasteiger partial charge in [0.05, 0.1) is 10.7 Å². The van der Waals surface area contributed by atoms with Gasteiger partial charge in [-0.2, -0.15) is 4.99 Å². The van der Waals surface area contributed by atoms with Crippen LogP contribution in [-0.4, -0.2) is 16.8 Å². The van der Waals surface area contributed by atoms with Gasteiger partial charge >= 0.3 is 0 Å². The summed E-state index contributed by atoms with van der Waals surface area (Å²) >= 11 is 8.14. The molecule has 0 aromatic rings. The Morgan fingerprint density at radius 1 is 2.00 bits per heavy atom. The Kier molecular flexibility index (Phi) is 3.89. The molecular formula is C3H3NOS2. The summed E-state index contributed by atoms with van der Waals surface area (Å²) in [6.07, 6.45) is 1.34. The fourth-order valence-corrected chi connectivity index (χ4v) is 0.235. The molecule has 0 fully saturated rings. The first kappa shape index (κ1) is 6.82. The third-order valence-electron chi connectivity index (χ3n) is 0.279. The van der Waals surface area contributed by atoms with Gasteiger partial charge in [0.15, 0.2) is 0 Å². The van der Waals surface area contributed by atoms with Gasteiger partial charge < -0.3 is 0 Å². The van der Waals surface area contributed by atoms with Crippen molar-refractivity contribution < 1.29 is 4.79 Å². The fourth-order valence-electron chi connectivity index (χ4n) is 0.0999. The van der Waals surface area contributed by atoms with E-state index in [1.165, 1.54) is 6.08 Å². The molecule has 0 bridgehead atoms. The van der Waals surface area contributed by atoms with Crippen LogP contribution in [0.4, 0.5) is 0 Å². The van der Waals surface area contributed by atoms with Gasteiger partial charge in [0.1, 0.15) is 0 Å². The molecule has 0 unspecified atom stereocenters. The summed E-state index contributed by atoms with van der Waals surface area (Å²) in [4.78, 5) is 12.5. The monoisotopic (exact) mass is 133 g/mol. The number of isocyanates is 1. The van der Waals surface area contributed by atoms with E-state index in [1.54, 1.807) is 0 Å². The molecule has 0 N–H and O–H groups in total. The molecule has 0 aliphatic carbocycles. The Morgan fingerprint density at radius 3 is 2.71 bits per heavy atom. The van der Waals surface area contributed by atoms with Gasteiger partial charge in [0, 0.05) is 0 Å². The Balaban J connectivity index is 3.32. The molecule has 0 atom stereocenters. The maximum Gasteiger partial charge on any atom is 0.235 e. The molecule has 0 saturated heterocycles. The van der Waals surface area contributed by atoms with Crippen molar-refractivity contribution in [2.24, 2.45) is 4.99 Å². The molecule has 0 spiro atoms. The first-order chi connectivity index (χ1) is 3.27. The Morgan fingerprint density at radius 2 is 2.57 bits per heavy atom. The highest BCUT2D eigenvalue weighted by molar-refractivity contribution is 8.11. The lowest BCUT2D eigenvalue weighted by molar-refractivity contribution is 0.564. The molecule has 0 radical (unpaired) electrons. The lowest BCUT2D eigenvalue weighted by Crippen LogP contribution is -1.85. The summed E-state index contributed by atoms with van der Waals surface area (Å²) in [5.41, 5.74) is 0.